The molecule has 2 aromatic rings. The summed E-state index contributed by atoms with van der Waals surface area (Å²) in [5.41, 5.74) is 0.406. The summed E-state index contributed by atoms with van der Waals surface area (Å²) in [7, 11) is 0. The molecule has 2 aromatic carbocycles. The number of alkyl halides is 3. The number of hydrogen-bond acceptors (Lipinski definition) is 3. The van der Waals surface area contributed by atoms with Crippen LogP contribution in [0.15, 0.2) is 48.5 Å². The van der Waals surface area contributed by atoms with E-state index in [1.54, 1.807) is 32.9 Å². The number of benzene rings is 2. The summed E-state index contributed by atoms with van der Waals surface area (Å²) in [6.45, 7) is 5.17. The molecule has 2 N–H and O–H groups in total. The van der Waals surface area contributed by atoms with Gasteiger partial charge in [0, 0.05) is 0 Å². The van der Waals surface area contributed by atoms with Crippen LogP contribution in [0.4, 0.5) is 13.2 Å². The van der Waals surface area contributed by atoms with Crippen molar-refractivity contribution in [3.05, 3.63) is 70.8 Å². The lowest BCUT2D eigenvalue weighted by molar-refractivity contribution is -0.139. The van der Waals surface area contributed by atoms with E-state index in [4.69, 9.17) is 9.84 Å². The third kappa shape index (κ3) is 6.32. The third-order valence-corrected chi connectivity index (χ3v) is 4.56. The van der Waals surface area contributed by atoms with Crippen LogP contribution in [0.3, 0.4) is 0 Å². The molecule has 0 heterocycles. The van der Waals surface area contributed by atoms with Gasteiger partial charge in [0.05, 0.1) is 23.8 Å². The fourth-order valence-electron chi connectivity index (χ4n) is 2.89. The summed E-state index contributed by atoms with van der Waals surface area (Å²) in [6.07, 6.45) is -5.31. The lowest BCUT2D eigenvalue weighted by atomic mass is 10.0. The van der Waals surface area contributed by atoms with Gasteiger partial charge in [0.15, 0.2) is 0 Å². The summed E-state index contributed by atoms with van der Waals surface area (Å²) in [4.78, 5) is 23.6. The molecule has 0 bridgehead atoms. The molecule has 5 nitrogen and oxygen atoms in total. The molecular weight excluding hydrogens is 399 g/mol. The number of carboxylic acids is 1. The first-order chi connectivity index (χ1) is 14.0. The topological polar surface area (TPSA) is 75.6 Å². The maximum absolute atomic E-state index is 12.9. The summed E-state index contributed by atoms with van der Waals surface area (Å²) in [5, 5.41) is 11.8. The summed E-state index contributed by atoms with van der Waals surface area (Å²) in [6, 6.07) is 10.5. The third-order valence-electron chi connectivity index (χ3n) is 4.56. The number of aromatic carboxylic acids is 1. The van der Waals surface area contributed by atoms with E-state index >= 15 is 0 Å². The smallest absolute Gasteiger partial charge is 0.416 e. The van der Waals surface area contributed by atoms with Crippen LogP contribution in [-0.2, 0) is 22.3 Å². The predicted molar refractivity (Wildman–Crippen MR) is 105 cm³/mol. The maximum Gasteiger partial charge on any atom is 0.416 e. The molecule has 8 heteroatoms. The van der Waals surface area contributed by atoms with E-state index in [2.05, 4.69) is 5.32 Å². The Morgan fingerprint density at radius 2 is 1.70 bits per heavy atom. The van der Waals surface area contributed by atoms with Gasteiger partial charge in [0.1, 0.15) is 6.10 Å². The van der Waals surface area contributed by atoms with E-state index in [0.29, 0.717) is 11.1 Å². The van der Waals surface area contributed by atoms with Gasteiger partial charge in [-0.15, -0.1) is 0 Å². The molecule has 1 amide bonds. The monoisotopic (exact) mass is 423 g/mol. The Morgan fingerprint density at radius 3 is 2.23 bits per heavy atom. The highest BCUT2D eigenvalue weighted by molar-refractivity contribution is 5.87. The van der Waals surface area contributed by atoms with Gasteiger partial charge in [-0.3, -0.25) is 4.79 Å². The molecule has 162 valence electrons. The Bertz CT molecular complexity index is 879. The molecular formula is C22H24F3NO4. The van der Waals surface area contributed by atoms with Gasteiger partial charge >= 0.3 is 12.1 Å². The van der Waals surface area contributed by atoms with E-state index in [9.17, 15) is 22.8 Å². The van der Waals surface area contributed by atoms with Crippen molar-refractivity contribution >= 4 is 11.9 Å². The van der Waals surface area contributed by atoms with Gasteiger partial charge in [-0.05, 0) is 48.2 Å². The first-order valence-corrected chi connectivity index (χ1v) is 9.40. The highest BCUT2D eigenvalue weighted by Gasteiger charge is 2.30. The van der Waals surface area contributed by atoms with Crippen LogP contribution in [-0.4, -0.2) is 23.1 Å². The van der Waals surface area contributed by atoms with Crippen LogP contribution in [0.25, 0.3) is 0 Å². The zero-order valence-electron chi connectivity index (χ0n) is 16.9. The van der Waals surface area contributed by atoms with Crippen LogP contribution < -0.4 is 5.32 Å². The Kier molecular flexibility index (Phi) is 7.61. The van der Waals surface area contributed by atoms with Crippen molar-refractivity contribution in [3.8, 4) is 0 Å². The molecule has 0 spiro atoms. The van der Waals surface area contributed by atoms with Crippen molar-refractivity contribution in [3.63, 3.8) is 0 Å². The van der Waals surface area contributed by atoms with Crippen molar-refractivity contribution in [2.75, 3.05) is 0 Å². The van der Waals surface area contributed by atoms with Gasteiger partial charge in [-0.2, -0.15) is 13.2 Å². The molecule has 2 atom stereocenters. The van der Waals surface area contributed by atoms with Crippen LogP contribution in [0.1, 0.15) is 53.9 Å². The Balaban J connectivity index is 2.03. The van der Waals surface area contributed by atoms with Crippen molar-refractivity contribution in [1.82, 2.24) is 5.32 Å². The van der Waals surface area contributed by atoms with Crippen LogP contribution in [0.5, 0.6) is 0 Å². The van der Waals surface area contributed by atoms with Crippen LogP contribution in [0, 0.1) is 5.92 Å². The molecule has 2 rings (SSSR count). The van der Waals surface area contributed by atoms with E-state index in [0.717, 1.165) is 12.1 Å². The minimum atomic E-state index is -4.45. The normalized spacial score (nSPS) is 13.7. The Labute approximate surface area is 172 Å². The average Bonchev–Trinajstić information content (AvgIpc) is 2.67. The van der Waals surface area contributed by atoms with Crippen molar-refractivity contribution in [2.45, 2.75) is 45.7 Å². The van der Waals surface area contributed by atoms with E-state index in [1.165, 1.54) is 24.3 Å². The Morgan fingerprint density at radius 1 is 1.07 bits per heavy atom. The summed E-state index contributed by atoms with van der Waals surface area (Å²) in [5.74, 6) is -1.65. The van der Waals surface area contributed by atoms with Gasteiger partial charge in [0.25, 0.3) is 0 Å². The van der Waals surface area contributed by atoms with Crippen molar-refractivity contribution in [1.29, 1.82) is 0 Å². The number of rotatable bonds is 8. The molecule has 0 unspecified atom stereocenters. The van der Waals surface area contributed by atoms with Crippen LogP contribution in [0.2, 0.25) is 0 Å². The number of halogens is 3. The second kappa shape index (κ2) is 9.75. The van der Waals surface area contributed by atoms with Gasteiger partial charge in [-0.25, -0.2) is 4.79 Å². The number of carbonyl (C=O) groups excluding carboxylic acids is 1. The molecule has 0 saturated carbocycles. The zero-order chi connectivity index (χ0) is 22.5. The first kappa shape index (κ1) is 23.4. The second-order valence-electron chi connectivity index (χ2n) is 7.33. The second-order valence-corrected chi connectivity index (χ2v) is 7.33. The number of carbonyl (C=O) groups is 2. The number of nitrogens with one attached hydrogen (secondary N) is 1. The fourth-order valence-corrected chi connectivity index (χ4v) is 2.89. The number of carboxylic acid groups (broad SMARTS) is 1. The van der Waals surface area contributed by atoms with Crippen LogP contribution >= 0.6 is 0 Å². The minimum Gasteiger partial charge on any atom is -0.478 e. The lowest BCUT2D eigenvalue weighted by Gasteiger charge is -2.24. The highest BCUT2D eigenvalue weighted by Crippen LogP contribution is 2.29. The predicted octanol–water partition coefficient (Wildman–Crippen LogP) is 4.82. The van der Waals surface area contributed by atoms with Crippen molar-refractivity contribution < 1.29 is 32.6 Å². The molecule has 0 saturated heterocycles. The maximum atomic E-state index is 12.9. The van der Waals surface area contributed by atoms with E-state index < -0.39 is 35.8 Å². The van der Waals surface area contributed by atoms with E-state index in [-0.39, 0.29) is 18.1 Å². The lowest BCUT2D eigenvalue weighted by Crippen LogP contribution is -2.40. The molecule has 0 aliphatic heterocycles. The molecule has 0 aliphatic rings. The number of hydrogen-bond donors (Lipinski definition) is 2. The standard InChI is InChI=1S/C22H24F3NO4/c1-13(2)19(30-12-15-5-4-6-18(11-15)22(23,24)25)20(27)26-14(3)16-7-9-17(10-8-16)21(28)29/h4-11,13-14,19H,12H2,1-3H3,(H,26,27)(H,28,29)/t14-,19+/m0/s1. The largest absolute Gasteiger partial charge is 0.478 e. The number of amides is 1. The molecule has 30 heavy (non-hydrogen) atoms. The molecule has 0 aromatic heterocycles. The van der Waals surface area contributed by atoms with E-state index in [1.807, 2.05) is 0 Å². The summed E-state index contributed by atoms with van der Waals surface area (Å²) >= 11 is 0. The van der Waals surface area contributed by atoms with Gasteiger partial charge in [-0.1, -0.05) is 38.1 Å². The fraction of sp³-hybridized carbons (Fsp3) is 0.364. The first-order valence-electron chi connectivity index (χ1n) is 9.40. The van der Waals surface area contributed by atoms with Gasteiger partial charge < -0.3 is 15.2 Å². The minimum absolute atomic E-state index is 0.137. The highest BCUT2D eigenvalue weighted by atomic mass is 19.4. The van der Waals surface area contributed by atoms with Crippen molar-refractivity contribution in [2.24, 2.45) is 5.92 Å². The Hall–Kier alpha value is -2.87. The average molecular weight is 423 g/mol. The SMILES string of the molecule is CC(C)[C@@H](OCc1cccc(C(F)(F)F)c1)C(=O)N[C@@H](C)c1ccc(C(=O)O)cc1. The molecule has 0 radical (unpaired) electrons. The number of ether oxygens (including phenoxy) is 1. The molecule has 0 aliphatic carbocycles. The zero-order valence-corrected chi connectivity index (χ0v) is 16.9. The molecule has 0 fully saturated rings. The quantitative estimate of drug-likeness (QED) is 0.638. The summed E-state index contributed by atoms with van der Waals surface area (Å²) < 4.78 is 44.2. The van der Waals surface area contributed by atoms with Gasteiger partial charge in [0.2, 0.25) is 5.91 Å².